The lowest BCUT2D eigenvalue weighted by Crippen LogP contribution is -2.33. The second kappa shape index (κ2) is 9.90. The van der Waals surface area contributed by atoms with E-state index in [0.29, 0.717) is 5.75 Å². The van der Waals surface area contributed by atoms with E-state index in [2.05, 4.69) is 44.0 Å². The van der Waals surface area contributed by atoms with Crippen molar-refractivity contribution in [3.8, 4) is 0 Å². The van der Waals surface area contributed by atoms with Crippen LogP contribution in [0.1, 0.15) is 44.5 Å². The van der Waals surface area contributed by atoms with Gasteiger partial charge in [0.1, 0.15) is 5.82 Å². The van der Waals surface area contributed by atoms with Crippen LogP contribution in [-0.4, -0.2) is 50.5 Å². The van der Waals surface area contributed by atoms with Crippen molar-refractivity contribution in [1.82, 2.24) is 25.0 Å². The minimum absolute atomic E-state index is 0.0460. The van der Waals surface area contributed by atoms with E-state index < -0.39 is 0 Å². The molecule has 1 atom stereocenters. The molecule has 1 amide bonds. The summed E-state index contributed by atoms with van der Waals surface area (Å²) in [5.74, 6) is 1.39. The van der Waals surface area contributed by atoms with Gasteiger partial charge in [0.2, 0.25) is 5.91 Å². The van der Waals surface area contributed by atoms with Crippen LogP contribution in [0.25, 0.3) is 0 Å². The number of hydrogen-bond acceptors (Lipinski definition) is 5. The predicted octanol–water partition coefficient (Wildman–Crippen LogP) is 2.93. The van der Waals surface area contributed by atoms with E-state index in [0.717, 1.165) is 43.6 Å². The van der Waals surface area contributed by atoms with Crippen LogP contribution in [0.15, 0.2) is 35.5 Å². The Morgan fingerprint density at radius 1 is 1.19 bits per heavy atom. The van der Waals surface area contributed by atoms with E-state index in [1.165, 1.54) is 30.2 Å². The summed E-state index contributed by atoms with van der Waals surface area (Å²) in [5, 5.41) is 12.7. The van der Waals surface area contributed by atoms with Crippen LogP contribution in [0.3, 0.4) is 0 Å². The summed E-state index contributed by atoms with van der Waals surface area (Å²) in [5.41, 5.74) is 1.21. The van der Waals surface area contributed by atoms with Gasteiger partial charge in [0.15, 0.2) is 5.16 Å². The number of nitrogens with one attached hydrogen (secondary N) is 1. The van der Waals surface area contributed by atoms with Gasteiger partial charge in [-0.1, -0.05) is 49.0 Å². The third-order valence-electron chi connectivity index (χ3n) is 4.89. The molecule has 146 valence electrons. The molecule has 1 saturated heterocycles. The standard InChI is InChI=1S/C20H29N5OS/c1-3-16(2)21-19(26)15-27-20-23-22-18(14-24-11-7-8-12-24)25(20)13-17-9-5-4-6-10-17/h4-6,9-10,16H,3,7-8,11-15H2,1-2H3,(H,21,26). The molecule has 0 bridgehead atoms. The van der Waals surface area contributed by atoms with Crippen LogP contribution in [0.5, 0.6) is 0 Å². The van der Waals surface area contributed by atoms with Gasteiger partial charge in [0.05, 0.1) is 18.8 Å². The highest BCUT2D eigenvalue weighted by molar-refractivity contribution is 7.99. The molecule has 7 heteroatoms. The number of hydrogen-bond donors (Lipinski definition) is 1. The summed E-state index contributed by atoms with van der Waals surface area (Å²) in [6.45, 7) is 7.88. The van der Waals surface area contributed by atoms with Crippen LogP contribution in [0, 0.1) is 0 Å². The van der Waals surface area contributed by atoms with E-state index >= 15 is 0 Å². The maximum absolute atomic E-state index is 12.1. The van der Waals surface area contributed by atoms with Crippen molar-refractivity contribution in [2.75, 3.05) is 18.8 Å². The molecule has 0 saturated carbocycles. The number of carbonyl (C=O) groups excluding carboxylic acids is 1. The Morgan fingerprint density at radius 2 is 1.93 bits per heavy atom. The van der Waals surface area contributed by atoms with Gasteiger partial charge in [-0.25, -0.2) is 0 Å². The largest absolute Gasteiger partial charge is 0.353 e. The summed E-state index contributed by atoms with van der Waals surface area (Å²) in [6, 6.07) is 10.5. The van der Waals surface area contributed by atoms with Crippen molar-refractivity contribution in [2.45, 2.75) is 57.4 Å². The normalized spacial score (nSPS) is 15.8. The molecule has 1 fully saturated rings. The summed E-state index contributed by atoms with van der Waals surface area (Å²) in [4.78, 5) is 14.6. The Hall–Kier alpha value is -1.86. The van der Waals surface area contributed by atoms with E-state index in [4.69, 9.17) is 0 Å². The van der Waals surface area contributed by atoms with Crippen molar-refractivity contribution in [3.05, 3.63) is 41.7 Å². The number of rotatable bonds is 9. The number of thioether (sulfide) groups is 1. The molecular formula is C20H29N5OS. The lowest BCUT2D eigenvalue weighted by Gasteiger charge is -2.16. The van der Waals surface area contributed by atoms with E-state index in [-0.39, 0.29) is 11.9 Å². The quantitative estimate of drug-likeness (QED) is 0.670. The number of nitrogens with zero attached hydrogens (tertiary/aromatic N) is 4. The molecule has 27 heavy (non-hydrogen) atoms. The van der Waals surface area contributed by atoms with Gasteiger partial charge in [-0.05, 0) is 44.8 Å². The van der Waals surface area contributed by atoms with E-state index in [1.54, 1.807) is 0 Å². The Balaban J connectivity index is 1.71. The molecule has 6 nitrogen and oxygen atoms in total. The second-order valence-electron chi connectivity index (χ2n) is 7.12. The number of amides is 1. The van der Waals surface area contributed by atoms with Gasteiger partial charge in [-0.2, -0.15) is 0 Å². The van der Waals surface area contributed by atoms with Gasteiger partial charge in [-0.15, -0.1) is 10.2 Å². The maximum Gasteiger partial charge on any atom is 0.230 e. The molecule has 3 rings (SSSR count). The fourth-order valence-electron chi connectivity index (χ4n) is 3.16. The van der Waals surface area contributed by atoms with Gasteiger partial charge in [-0.3, -0.25) is 9.69 Å². The Labute approximate surface area is 165 Å². The van der Waals surface area contributed by atoms with Crippen molar-refractivity contribution in [1.29, 1.82) is 0 Å². The molecule has 0 spiro atoms. The Kier molecular flexibility index (Phi) is 7.29. The minimum atomic E-state index is 0.0460. The highest BCUT2D eigenvalue weighted by Gasteiger charge is 2.19. The first kappa shape index (κ1) is 19.9. The molecule has 2 heterocycles. The first-order valence-electron chi connectivity index (χ1n) is 9.76. The van der Waals surface area contributed by atoms with Gasteiger partial charge in [0, 0.05) is 6.04 Å². The Bertz CT molecular complexity index is 727. The predicted molar refractivity (Wildman–Crippen MR) is 109 cm³/mol. The summed E-state index contributed by atoms with van der Waals surface area (Å²) in [7, 11) is 0. The zero-order chi connectivity index (χ0) is 19.1. The first-order chi connectivity index (χ1) is 13.2. The molecule has 0 aliphatic carbocycles. The van der Waals surface area contributed by atoms with Crippen molar-refractivity contribution in [2.24, 2.45) is 0 Å². The lowest BCUT2D eigenvalue weighted by molar-refractivity contribution is -0.119. The average Bonchev–Trinajstić information content (AvgIpc) is 3.32. The summed E-state index contributed by atoms with van der Waals surface area (Å²) in [6.07, 6.45) is 3.44. The van der Waals surface area contributed by atoms with E-state index in [1.807, 2.05) is 25.1 Å². The molecule has 0 radical (unpaired) electrons. The number of carbonyl (C=O) groups is 1. The fourth-order valence-corrected chi connectivity index (χ4v) is 3.92. The maximum atomic E-state index is 12.1. The summed E-state index contributed by atoms with van der Waals surface area (Å²) < 4.78 is 2.16. The van der Waals surface area contributed by atoms with Crippen LogP contribution in [0.4, 0.5) is 0 Å². The van der Waals surface area contributed by atoms with Crippen LogP contribution < -0.4 is 5.32 Å². The van der Waals surface area contributed by atoms with Crippen molar-refractivity contribution < 1.29 is 4.79 Å². The molecule has 1 aliphatic rings. The van der Waals surface area contributed by atoms with Gasteiger partial charge < -0.3 is 9.88 Å². The summed E-state index contributed by atoms with van der Waals surface area (Å²) >= 11 is 1.46. The highest BCUT2D eigenvalue weighted by atomic mass is 32.2. The van der Waals surface area contributed by atoms with E-state index in [9.17, 15) is 4.79 Å². The monoisotopic (exact) mass is 387 g/mol. The highest BCUT2D eigenvalue weighted by Crippen LogP contribution is 2.21. The number of likely N-dealkylation sites (tertiary alicyclic amines) is 1. The van der Waals surface area contributed by atoms with Gasteiger partial charge >= 0.3 is 0 Å². The molecular weight excluding hydrogens is 358 g/mol. The number of aromatic nitrogens is 3. The smallest absolute Gasteiger partial charge is 0.230 e. The third-order valence-corrected chi connectivity index (χ3v) is 5.86. The van der Waals surface area contributed by atoms with Crippen molar-refractivity contribution in [3.63, 3.8) is 0 Å². The molecule has 1 N–H and O–H groups in total. The topological polar surface area (TPSA) is 63.1 Å². The molecule has 1 aromatic heterocycles. The zero-order valence-electron chi connectivity index (χ0n) is 16.2. The average molecular weight is 388 g/mol. The van der Waals surface area contributed by atoms with Crippen LogP contribution in [0.2, 0.25) is 0 Å². The first-order valence-corrected chi connectivity index (χ1v) is 10.7. The lowest BCUT2D eigenvalue weighted by atomic mass is 10.2. The van der Waals surface area contributed by atoms with Crippen LogP contribution >= 0.6 is 11.8 Å². The molecule has 2 aromatic rings. The van der Waals surface area contributed by atoms with Crippen LogP contribution in [-0.2, 0) is 17.9 Å². The van der Waals surface area contributed by atoms with Gasteiger partial charge in [0.25, 0.3) is 0 Å². The van der Waals surface area contributed by atoms with Crippen molar-refractivity contribution >= 4 is 17.7 Å². The Morgan fingerprint density at radius 3 is 2.63 bits per heavy atom. The molecule has 1 aromatic carbocycles. The third kappa shape index (κ3) is 5.81. The SMILES string of the molecule is CCC(C)NC(=O)CSc1nnc(CN2CCCC2)n1Cc1ccccc1. The molecule has 1 unspecified atom stereocenters. The fraction of sp³-hybridized carbons (Fsp3) is 0.550. The minimum Gasteiger partial charge on any atom is -0.353 e. The number of benzene rings is 1. The molecule has 1 aliphatic heterocycles. The second-order valence-corrected chi connectivity index (χ2v) is 8.06. The zero-order valence-corrected chi connectivity index (χ0v) is 17.0.